The molecule has 1 aliphatic heterocycles. The van der Waals surface area contributed by atoms with Crippen LogP contribution in [0.4, 0.5) is 16.0 Å². The third kappa shape index (κ3) is 6.76. The van der Waals surface area contributed by atoms with Gasteiger partial charge in [-0.05, 0) is 53.3 Å². The van der Waals surface area contributed by atoms with Gasteiger partial charge in [-0.25, -0.2) is 14.4 Å². The largest absolute Gasteiger partial charge is 0.383 e. The summed E-state index contributed by atoms with van der Waals surface area (Å²) in [5, 5.41) is 3.38. The zero-order valence-corrected chi connectivity index (χ0v) is 24.2. The summed E-state index contributed by atoms with van der Waals surface area (Å²) in [6.07, 6.45) is 3.59. The third-order valence-electron chi connectivity index (χ3n) is 8.16. The lowest BCUT2D eigenvalue weighted by Gasteiger charge is -2.34. The van der Waals surface area contributed by atoms with Crippen LogP contribution in [0.2, 0.25) is 0 Å². The Morgan fingerprint density at radius 3 is 2.29 bits per heavy atom. The van der Waals surface area contributed by atoms with E-state index in [2.05, 4.69) is 56.5 Å². The summed E-state index contributed by atoms with van der Waals surface area (Å²) >= 11 is 0. The minimum Gasteiger partial charge on any atom is -0.383 e. The summed E-state index contributed by atoms with van der Waals surface area (Å²) < 4.78 is 19.9. The van der Waals surface area contributed by atoms with E-state index in [1.807, 2.05) is 30.5 Å². The van der Waals surface area contributed by atoms with E-state index in [0.717, 1.165) is 80.4 Å². The Kier molecular flexibility index (Phi) is 9.62. The number of benzene rings is 3. The first-order valence-corrected chi connectivity index (χ1v) is 14.2. The molecule has 214 valence electrons. The Morgan fingerprint density at radius 1 is 0.878 bits per heavy atom. The quantitative estimate of drug-likeness (QED) is 0.267. The number of nitrogens with zero attached hydrogens (tertiary/aromatic N) is 4. The second-order valence-corrected chi connectivity index (χ2v) is 10.7. The molecule has 3 aromatic carbocycles. The van der Waals surface area contributed by atoms with Gasteiger partial charge in [0.05, 0.1) is 12.3 Å². The van der Waals surface area contributed by atoms with Crippen molar-refractivity contribution in [3.8, 4) is 11.3 Å². The van der Waals surface area contributed by atoms with Crippen molar-refractivity contribution < 1.29 is 9.13 Å². The molecule has 1 fully saturated rings. The molecule has 0 radical (unpaired) electrons. The first-order valence-electron chi connectivity index (χ1n) is 14.2. The normalized spacial score (nSPS) is 16.9. The van der Waals surface area contributed by atoms with Crippen molar-refractivity contribution in [2.24, 2.45) is 0 Å². The average Bonchev–Trinajstić information content (AvgIpc) is 3.00. The molecule has 8 heteroatoms. The van der Waals surface area contributed by atoms with Gasteiger partial charge >= 0.3 is 0 Å². The molecule has 1 aromatic heterocycles. The molecule has 0 saturated carbocycles. The van der Waals surface area contributed by atoms with Crippen LogP contribution in [0, 0.1) is 5.82 Å². The number of rotatable bonds is 9. The average molecular weight is 574 g/mol. The molecule has 1 saturated heterocycles. The number of hydrogen-bond donors (Lipinski definition) is 1. The molecule has 1 aliphatic carbocycles. The van der Waals surface area contributed by atoms with Crippen LogP contribution in [-0.4, -0.2) is 72.8 Å². The van der Waals surface area contributed by atoms with E-state index < -0.39 is 0 Å². The number of halogens is 2. The number of hydrogen-bond acceptors (Lipinski definition) is 6. The van der Waals surface area contributed by atoms with Crippen LogP contribution in [0.15, 0.2) is 79.0 Å². The van der Waals surface area contributed by atoms with Crippen LogP contribution in [0.1, 0.15) is 28.2 Å². The molecule has 1 N–H and O–H groups in total. The zero-order chi connectivity index (χ0) is 27.3. The molecule has 0 amide bonds. The van der Waals surface area contributed by atoms with Crippen molar-refractivity contribution in [3.05, 3.63) is 107 Å². The molecule has 41 heavy (non-hydrogen) atoms. The summed E-state index contributed by atoms with van der Waals surface area (Å²) in [6, 6.07) is 23.8. The SMILES string of the molecule is COCCN1CCN(CCc2ccc(Nc3ncc4c(n3)-c3ccccc3C(c3ccccc3F)C4)cc2)CC1.Cl. The summed E-state index contributed by atoms with van der Waals surface area (Å²) in [5.41, 5.74) is 7.10. The van der Waals surface area contributed by atoms with Crippen LogP contribution in [0.3, 0.4) is 0 Å². The molecular formula is C33H37ClFN5O. The zero-order valence-electron chi connectivity index (χ0n) is 23.4. The lowest BCUT2D eigenvalue weighted by Crippen LogP contribution is -2.47. The fraction of sp³-hybridized carbons (Fsp3) is 0.333. The molecule has 4 aromatic rings. The topological polar surface area (TPSA) is 53.5 Å². The molecule has 1 atom stereocenters. The van der Waals surface area contributed by atoms with Crippen molar-refractivity contribution in [3.63, 3.8) is 0 Å². The second kappa shape index (κ2) is 13.5. The molecule has 0 spiro atoms. The van der Waals surface area contributed by atoms with Gasteiger partial charge in [-0.3, -0.25) is 4.90 Å². The monoisotopic (exact) mass is 573 g/mol. The van der Waals surface area contributed by atoms with Crippen LogP contribution >= 0.6 is 12.4 Å². The van der Waals surface area contributed by atoms with Gasteiger partial charge in [-0.2, -0.15) is 0 Å². The number of fused-ring (bicyclic) bond motifs is 3. The minimum absolute atomic E-state index is 0. The Morgan fingerprint density at radius 2 is 1.56 bits per heavy atom. The minimum atomic E-state index is -0.172. The number of aromatic nitrogens is 2. The van der Waals surface area contributed by atoms with E-state index in [1.165, 1.54) is 11.6 Å². The van der Waals surface area contributed by atoms with E-state index in [-0.39, 0.29) is 24.1 Å². The molecule has 2 aliphatic rings. The molecule has 6 nitrogen and oxygen atoms in total. The van der Waals surface area contributed by atoms with Gasteiger partial charge in [0.1, 0.15) is 5.82 Å². The highest BCUT2D eigenvalue weighted by molar-refractivity contribution is 5.85. The Bertz CT molecular complexity index is 1440. The fourth-order valence-electron chi connectivity index (χ4n) is 5.86. The van der Waals surface area contributed by atoms with E-state index in [4.69, 9.17) is 9.72 Å². The number of nitrogens with one attached hydrogen (secondary N) is 1. The smallest absolute Gasteiger partial charge is 0.227 e. The molecule has 0 bridgehead atoms. The van der Waals surface area contributed by atoms with Crippen molar-refractivity contribution in [1.82, 2.24) is 19.8 Å². The first-order chi connectivity index (χ1) is 19.7. The van der Waals surface area contributed by atoms with Crippen LogP contribution < -0.4 is 5.32 Å². The van der Waals surface area contributed by atoms with Gasteiger partial charge in [0.25, 0.3) is 0 Å². The first kappa shape index (κ1) is 29.1. The maximum absolute atomic E-state index is 14.7. The summed E-state index contributed by atoms with van der Waals surface area (Å²) in [6.45, 7) is 7.36. The fourth-order valence-corrected chi connectivity index (χ4v) is 5.86. The molecular weight excluding hydrogens is 537 g/mol. The lowest BCUT2D eigenvalue weighted by atomic mass is 9.78. The highest BCUT2D eigenvalue weighted by atomic mass is 35.5. The third-order valence-corrected chi connectivity index (χ3v) is 8.16. The van der Waals surface area contributed by atoms with E-state index >= 15 is 0 Å². The predicted octanol–water partition coefficient (Wildman–Crippen LogP) is 5.94. The predicted molar refractivity (Wildman–Crippen MR) is 165 cm³/mol. The van der Waals surface area contributed by atoms with Gasteiger partial charge in [0.2, 0.25) is 5.95 Å². The van der Waals surface area contributed by atoms with Crippen molar-refractivity contribution in [1.29, 1.82) is 0 Å². The summed E-state index contributed by atoms with van der Waals surface area (Å²) in [7, 11) is 1.77. The van der Waals surface area contributed by atoms with Gasteiger partial charge in [0.15, 0.2) is 0 Å². The van der Waals surface area contributed by atoms with Crippen LogP contribution in [0.5, 0.6) is 0 Å². The highest BCUT2D eigenvalue weighted by Crippen LogP contribution is 2.42. The number of anilines is 2. The Balaban J connectivity index is 0.00000337. The standard InChI is InChI=1S/C33H36FN5O.ClH/c1-40-21-20-39-18-16-38(17-19-39)15-14-24-10-12-26(13-11-24)36-33-35-23-25-22-30(28-7-4-5-9-31(28)34)27-6-2-3-8-29(27)32(25)37-33;/h2-13,23,30H,14-22H2,1H3,(H,35,36,37);1H. The van der Waals surface area contributed by atoms with Crippen LogP contribution in [-0.2, 0) is 17.6 Å². The molecule has 6 rings (SSSR count). The Hall–Kier alpha value is -3.36. The Labute approximate surface area is 248 Å². The maximum atomic E-state index is 14.7. The molecule has 1 unspecified atom stereocenters. The lowest BCUT2D eigenvalue weighted by molar-refractivity contribution is 0.0976. The van der Waals surface area contributed by atoms with Crippen molar-refractivity contribution in [2.45, 2.75) is 18.8 Å². The van der Waals surface area contributed by atoms with E-state index in [0.29, 0.717) is 17.9 Å². The van der Waals surface area contributed by atoms with Crippen molar-refractivity contribution in [2.75, 3.05) is 58.3 Å². The summed E-state index contributed by atoms with van der Waals surface area (Å²) in [4.78, 5) is 14.6. The summed E-state index contributed by atoms with van der Waals surface area (Å²) in [5.74, 6) is 0.338. The maximum Gasteiger partial charge on any atom is 0.227 e. The number of ether oxygens (including phenoxy) is 1. The van der Waals surface area contributed by atoms with Gasteiger partial charge < -0.3 is 15.0 Å². The highest BCUT2D eigenvalue weighted by Gasteiger charge is 2.29. The van der Waals surface area contributed by atoms with Gasteiger partial charge in [-0.15, -0.1) is 12.4 Å². The number of piperazine rings is 1. The second-order valence-electron chi connectivity index (χ2n) is 10.7. The van der Waals surface area contributed by atoms with Gasteiger partial charge in [-0.1, -0.05) is 54.6 Å². The van der Waals surface area contributed by atoms with Crippen LogP contribution in [0.25, 0.3) is 11.3 Å². The van der Waals surface area contributed by atoms with Gasteiger partial charge in [0, 0.05) is 69.7 Å². The molecule has 2 heterocycles. The van der Waals surface area contributed by atoms with E-state index in [1.54, 1.807) is 13.2 Å². The number of methoxy groups -OCH3 is 1. The van der Waals surface area contributed by atoms with E-state index in [9.17, 15) is 4.39 Å². The van der Waals surface area contributed by atoms with Crippen molar-refractivity contribution >= 4 is 24.0 Å².